The van der Waals surface area contributed by atoms with Crippen LogP contribution in [0.15, 0.2) is 18.2 Å². The van der Waals surface area contributed by atoms with Gasteiger partial charge in [0.1, 0.15) is 0 Å². The van der Waals surface area contributed by atoms with Crippen LogP contribution < -0.4 is 10.2 Å². The molecular formula is C15H19F3N2O3. The molecule has 1 aromatic rings. The first kappa shape index (κ1) is 19.0. The van der Waals surface area contributed by atoms with Gasteiger partial charge in [0.25, 0.3) is 0 Å². The Morgan fingerprint density at radius 2 is 2.09 bits per heavy atom. The number of aldehydes is 1. The Morgan fingerprint density at radius 3 is 2.61 bits per heavy atom. The smallest absolute Gasteiger partial charge is 0.396 e. The van der Waals surface area contributed by atoms with Crippen LogP contribution in [-0.2, 0) is 11.0 Å². The Kier molecular flexibility index (Phi) is 6.56. The molecule has 0 aromatic heterocycles. The van der Waals surface area contributed by atoms with Gasteiger partial charge in [-0.1, -0.05) is 6.92 Å². The highest BCUT2D eigenvalue weighted by atomic mass is 19.4. The lowest BCUT2D eigenvalue weighted by atomic mass is 10.1. The molecule has 0 fully saturated rings. The van der Waals surface area contributed by atoms with Crippen molar-refractivity contribution >= 4 is 17.9 Å². The third-order valence-electron chi connectivity index (χ3n) is 3.23. The summed E-state index contributed by atoms with van der Waals surface area (Å²) in [5, 5.41) is 11.5. The van der Waals surface area contributed by atoms with Crippen molar-refractivity contribution in [2.24, 2.45) is 5.92 Å². The van der Waals surface area contributed by atoms with Crippen molar-refractivity contribution in [2.45, 2.75) is 13.1 Å². The highest BCUT2D eigenvalue weighted by Crippen LogP contribution is 2.32. The quantitative estimate of drug-likeness (QED) is 0.746. The van der Waals surface area contributed by atoms with Gasteiger partial charge in [0, 0.05) is 31.5 Å². The zero-order valence-electron chi connectivity index (χ0n) is 12.9. The second-order valence-electron chi connectivity index (χ2n) is 5.34. The lowest BCUT2D eigenvalue weighted by Crippen LogP contribution is -2.38. The molecular weight excluding hydrogens is 313 g/mol. The molecule has 1 unspecified atom stereocenters. The lowest BCUT2D eigenvalue weighted by Gasteiger charge is -2.21. The molecule has 128 valence electrons. The zero-order chi connectivity index (χ0) is 17.6. The Labute approximate surface area is 132 Å². The van der Waals surface area contributed by atoms with E-state index >= 15 is 0 Å². The van der Waals surface area contributed by atoms with Crippen LogP contribution >= 0.6 is 0 Å². The minimum Gasteiger partial charge on any atom is -0.396 e. The first-order valence-electron chi connectivity index (χ1n) is 6.94. The van der Waals surface area contributed by atoms with Crippen LogP contribution in [-0.4, -0.2) is 44.0 Å². The van der Waals surface area contributed by atoms with Gasteiger partial charge in [0.15, 0.2) is 6.29 Å². The van der Waals surface area contributed by atoms with Gasteiger partial charge in [-0.2, -0.15) is 13.2 Å². The molecule has 5 nitrogen and oxygen atoms in total. The zero-order valence-corrected chi connectivity index (χ0v) is 12.9. The van der Waals surface area contributed by atoms with Crippen LogP contribution in [0.4, 0.5) is 18.9 Å². The van der Waals surface area contributed by atoms with Crippen LogP contribution in [0.5, 0.6) is 0 Å². The van der Waals surface area contributed by atoms with Gasteiger partial charge >= 0.3 is 6.18 Å². The number of amides is 1. The van der Waals surface area contributed by atoms with E-state index < -0.39 is 11.7 Å². The monoisotopic (exact) mass is 332 g/mol. The molecule has 0 saturated heterocycles. The third kappa shape index (κ3) is 5.55. The molecule has 0 bridgehead atoms. The summed E-state index contributed by atoms with van der Waals surface area (Å²) in [4.78, 5) is 24.2. The number of nitrogens with zero attached hydrogens (tertiary/aromatic N) is 1. The summed E-state index contributed by atoms with van der Waals surface area (Å²) < 4.78 is 37.9. The Morgan fingerprint density at radius 1 is 1.43 bits per heavy atom. The fourth-order valence-electron chi connectivity index (χ4n) is 1.88. The summed E-state index contributed by atoms with van der Waals surface area (Å²) in [5.74, 6) is -0.453. The maximum absolute atomic E-state index is 12.6. The number of aliphatic hydroxyl groups is 1. The van der Waals surface area contributed by atoms with Crippen molar-refractivity contribution in [3.05, 3.63) is 29.3 Å². The van der Waals surface area contributed by atoms with Gasteiger partial charge in [-0.3, -0.25) is 9.59 Å². The standard InChI is InChI=1S/C15H19F3N2O3/c1-10(8-21)6-19-14(23)7-20(2)13-4-3-12(15(16,17)18)5-11(13)9-22/h3-5,9-10,21H,6-8H2,1-2H3,(H,19,23). The lowest BCUT2D eigenvalue weighted by molar-refractivity contribution is -0.137. The minimum atomic E-state index is -4.54. The predicted octanol–water partition coefficient (Wildman–Crippen LogP) is 1.70. The number of anilines is 1. The average molecular weight is 332 g/mol. The number of benzene rings is 1. The van der Waals surface area contributed by atoms with E-state index in [9.17, 15) is 22.8 Å². The third-order valence-corrected chi connectivity index (χ3v) is 3.23. The molecule has 0 aliphatic rings. The van der Waals surface area contributed by atoms with Gasteiger partial charge in [0.05, 0.1) is 12.1 Å². The van der Waals surface area contributed by atoms with E-state index in [4.69, 9.17) is 5.11 Å². The molecule has 2 N–H and O–H groups in total. The summed E-state index contributed by atoms with van der Waals surface area (Å²) in [5.41, 5.74) is -0.824. The number of aliphatic hydroxyl groups excluding tert-OH is 1. The number of carbonyl (C=O) groups excluding carboxylic acids is 2. The van der Waals surface area contributed by atoms with Crippen LogP contribution in [0, 0.1) is 5.92 Å². The average Bonchev–Trinajstić information content (AvgIpc) is 2.50. The number of nitrogens with one attached hydrogen (secondary N) is 1. The van der Waals surface area contributed by atoms with E-state index in [1.165, 1.54) is 11.9 Å². The van der Waals surface area contributed by atoms with Crippen molar-refractivity contribution in [2.75, 3.05) is 31.6 Å². The SMILES string of the molecule is CC(CO)CNC(=O)CN(C)c1ccc(C(F)(F)F)cc1C=O. The summed E-state index contributed by atoms with van der Waals surface area (Å²) in [6.07, 6.45) is -4.21. The molecule has 1 amide bonds. The topological polar surface area (TPSA) is 69.6 Å². The van der Waals surface area contributed by atoms with Crippen molar-refractivity contribution in [1.82, 2.24) is 5.32 Å². The number of halogens is 3. The normalized spacial score (nSPS) is 12.6. The van der Waals surface area contributed by atoms with E-state index in [0.717, 1.165) is 18.2 Å². The first-order valence-corrected chi connectivity index (χ1v) is 6.94. The number of alkyl halides is 3. The fraction of sp³-hybridized carbons (Fsp3) is 0.467. The number of hydrogen-bond donors (Lipinski definition) is 2. The van der Waals surface area contributed by atoms with Gasteiger partial charge in [0.2, 0.25) is 5.91 Å². The van der Waals surface area contributed by atoms with Gasteiger partial charge in [-0.15, -0.1) is 0 Å². The molecule has 1 atom stereocenters. The second-order valence-corrected chi connectivity index (χ2v) is 5.34. The highest BCUT2D eigenvalue weighted by molar-refractivity contribution is 5.88. The van der Waals surface area contributed by atoms with Crippen molar-refractivity contribution in [3.63, 3.8) is 0 Å². The van der Waals surface area contributed by atoms with Crippen molar-refractivity contribution in [3.8, 4) is 0 Å². The molecule has 1 aromatic carbocycles. The number of rotatable bonds is 7. The van der Waals surface area contributed by atoms with Gasteiger partial charge in [-0.25, -0.2) is 0 Å². The van der Waals surface area contributed by atoms with E-state index in [1.807, 2.05) is 0 Å². The van der Waals surface area contributed by atoms with E-state index in [2.05, 4.69) is 5.32 Å². The molecule has 0 spiro atoms. The summed E-state index contributed by atoms with van der Waals surface area (Å²) in [6, 6.07) is 2.78. The molecule has 0 aliphatic heterocycles. The maximum atomic E-state index is 12.6. The maximum Gasteiger partial charge on any atom is 0.416 e. The van der Waals surface area contributed by atoms with E-state index in [-0.39, 0.29) is 42.8 Å². The molecule has 1 rings (SSSR count). The van der Waals surface area contributed by atoms with Gasteiger partial charge in [-0.05, 0) is 24.1 Å². The van der Waals surface area contributed by atoms with Crippen LogP contribution in [0.1, 0.15) is 22.8 Å². The van der Waals surface area contributed by atoms with Crippen LogP contribution in [0.2, 0.25) is 0 Å². The van der Waals surface area contributed by atoms with Gasteiger partial charge < -0.3 is 15.3 Å². The molecule has 0 radical (unpaired) electrons. The number of carbonyl (C=O) groups is 2. The van der Waals surface area contributed by atoms with E-state index in [1.54, 1.807) is 6.92 Å². The van der Waals surface area contributed by atoms with E-state index in [0.29, 0.717) is 6.29 Å². The molecule has 0 heterocycles. The molecule has 0 saturated carbocycles. The van der Waals surface area contributed by atoms with Crippen LogP contribution in [0.3, 0.4) is 0 Å². The number of likely N-dealkylation sites (N-methyl/N-ethyl adjacent to an activating group) is 1. The summed E-state index contributed by atoms with van der Waals surface area (Å²) in [6.45, 7) is 1.86. The van der Waals surface area contributed by atoms with Crippen molar-refractivity contribution < 1.29 is 27.9 Å². The molecule has 8 heteroatoms. The first-order chi connectivity index (χ1) is 10.7. The summed E-state index contributed by atoms with van der Waals surface area (Å²) in [7, 11) is 1.50. The highest BCUT2D eigenvalue weighted by Gasteiger charge is 2.31. The van der Waals surface area contributed by atoms with Crippen LogP contribution in [0.25, 0.3) is 0 Å². The Bertz CT molecular complexity index is 561. The van der Waals surface area contributed by atoms with Crippen molar-refractivity contribution in [1.29, 1.82) is 0 Å². The largest absolute Gasteiger partial charge is 0.416 e. The summed E-state index contributed by atoms with van der Waals surface area (Å²) >= 11 is 0. The predicted molar refractivity (Wildman–Crippen MR) is 79.4 cm³/mol. The minimum absolute atomic E-state index is 0.0652. The molecule has 0 aliphatic carbocycles. The molecule has 23 heavy (non-hydrogen) atoms. The Balaban J connectivity index is 2.81. The number of hydrogen-bond acceptors (Lipinski definition) is 4. The Hall–Kier alpha value is -2.09. The second kappa shape index (κ2) is 7.96. The fourth-order valence-corrected chi connectivity index (χ4v) is 1.88.